The van der Waals surface area contributed by atoms with Gasteiger partial charge in [0.1, 0.15) is 0 Å². The first-order chi connectivity index (χ1) is 5.40. The molecule has 0 amide bonds. The summed E-state index contributed by atoms with van der Waals surface area (Å²) < 4.78 is 0. The minimum atomic E-state index is 0.988. The lowest BCUT2D eigenvalue weighted by molar-refractivity contribution is 1.40. The molecular weight excluding hydrogens is 136 g/mol. The number of aromatic amines is 1. The molecule has 54 valence electrons. The Labute approximate surface area is 64.6 Å². The van der Waals surface area contributed by atoms with Crippen molar-refractivity contribution in [2.45, 2.75) is 0 Å². The van der Waals surface area contributed by atoms with Crippen LogP contribution in [-0.4, -0.2) is 9.97 Å². The average molecular weight is 144 g/mol. The van der Waals surface area contributed by atoms with Crippen LogP contribution in [0, 0.1) is 0 Å². The van der Waals surface area contributed by atoms with Gasteiger partial charge in [0.25, 0.3) is 0 Å². The van der Waals surface area contributed by atoms with Crippen LogP contribution in [-0.2, 0) is 0 Å². The second-order valence-corrected chi connectivity index (χ2v) is 2.37. The third-order valence-corrected chi connectivity index (χ3v) is 1.63. The van der Waals surface area contributed by atoms with E-state index in [9.17, 15) is 0 Å². The first-order valence-electron chi connectivity index (χ1n) is 3.46. The third kappa shape index (κ3) is 0.923. The van der Waals surface area contributed by atoms with Crippen LogP contribution in [0.3, 0.4) is 0 Å². The third-order valence-electron chi connectivity index (χ3n) is 1.63. The van der Waals surface area contributed by atoms with Gasteiger partial charge in [0.05, 0.1) is 11.0 Å². The number of aromatic nitrogens is 2. The zero-order chi connectivity index (χ0) is 7.68. The molecule has 11 heavy (non-hydrogen) atoms. The summed E-state index contributed by atoms with van der Waals surface area (Å²) in [6.07, 6.45) is 3.56. The maximum atomic E-state index is 4.17. The molecule has 0 radical (unpaired) electrons. The van der Waals surface area contributed by atoms with Gasteiger partial charge < -0.3 is 4.98 Å². The molecule has 2 heterocycles. The summed E-state index contributed by atoms with van der Waals surface area (Å²) in [4.78, 5) is 7.34. The van der Waals surface area contributed by atoms with Crippen molar-refractivity contribution in [3.05, 3.63) is 36.7 Å². The molecule has 0 fully saturated rings. The van der Waals surface area contributed by atoms with Crippen molar-refractivity contribution >= 4 is 17.1 Å². The monoisotopic (exact) mass is 144 g/mol. The minimum absolute atomic E-state index is 0.988. The summed E-state index contributed by atoms with van der Waals surface area (Å²) in [5, 5.41) is 0. The summed E-state index contributed by atoms with van der Waals surface area (Å²) in [6, 6.07) is 5.88. The van der Waals surface area contributed by atoms with Crippen LogP contribution in [0.25, 0.3) is 17.1 Å². The molecule has 0 aliphatic carbocycles. The summed E-state index contributed by atoms with van der Waals surface area (Å²) in [5.74, 6) is 0. The van der Waals surface area contributed by atoms with E-state index in [0.29, 0.717) is 0 Å². The number of fused-ring (bicyclic) bond motifs is 1. The molecule has 2 aromatic heterocycles. The summed E-state index contributed by atoms with van der Waals surface area (Å²) in [6.45, 7) is 3.67. The summed E-state index contributed by atoms with van der Waals surface area (Å²) >= 11 is 0. The van der Waals surface area contributed by atoms with Gasteiger partial charge >= 0.3 is 0 Å². The Morgan fingerprint density at radius 1 is 1.55 bits per heavy atom. The number of hydrogen-bond donors (Lipinski definition) is 1. The maximum absolute atomic E-state index is 4.17. The SMILES string of the molecule is C=Cc1cc2ncccc2[nH]1. The molecule has 1 N–H and O–H groups in total. The van der Waals surface area contributed by atoms with E-state index in [2.05, 4.69) is 16.5 Å². The van der Waals surface area contributed by atoms with Crippen LogP contribution in [0.2, 0.25) is 0 Å². The highest BCUT2D eigenvalue weighted by Crippen LogP contribution is 2.11. The summed E-state index contributed by atoms with van der Waals surface area (Å²) in [7, 11) is 0. The number of H-pyrrole nitrogens is 1. The Balaban J connectivity index is 2.78. The lowest BCUT2D eigenvalue weighted by Crippen LogP contribution is -1.69. The van der Waals surface area contributed by atoms with Crippen molar-refractivity contribution in [2.24, 2.45) is 0 Å². The molecule has 0 unspecified atom stereocenters. The maximum Gasteiger partial charge on any atom is 0.0885 e. The Bertz CT molecular complexity index is 354. The smallest absolute Gasteiger partial charge is 0.0885 e. The van der Waals surface area contributed by atoms with Gasteiger partial charge in [-0.05, 0) is 24.3 Å². The highest BCUT2D eigenvalue weighted by Gasteiger charge is 1.95. The number of pyridine rings is 1. The molecule has 0 aliphatic rings. The van der Waals surface area contributed by atoms with E-state index in [0.717, 1.165) is 16.7 Å². The average Bonchev–Trinajstić information content (AvgIpc) is 2.46. The van der Waals surface area contributed by atoms with E-state index in [-0.39, 0.29) is 0 Å². The molecule has 0 aliphatic heterocycles. The standard InChI is InChI=1S/C9H8N2/c1-2-7-6-9-8(11-7)4-3-5-10-9/h2-6,11H,1H2. The van der Waals surface area contributed by atoms with Crippen molar-refractivity contribution in [3.8, 4) is 0 Å². The van der Waals surface area contributed by atoms with Gasteiger partial charge in [0.2, 0.25) is 0 Å². The van der Waals surface area contributed by atoms with E-state index < -0.39 is 0 Å². The van der Waals surface area contributed by atoms with Gasteiger partial charge in [0.15, 0.2) is 0 Å². The second kappa shape index (κ2) is 2.23. The van der Waals surface area contributed by atoms with Crippen LogP contribution in [0.15, 0.2) is 31.0 Å². The molecule has 2 rings (SSSR count). The highest BCUT2D eigenvalue weighted by molar-refractivity contribution is 5.78. The van der Waals surface area contributed by atoms with Gasteiger partial charge in [-0.2, -0.15) is 0 Å². The van der Waals surface area contributed by atoms with E-state index in [1.165, 1.54) is 0 Å². The quantitative estimate of drug-likeness (QED) is 0.653. The molecule has 2 heteroatoms. The zero-order valence-electron chi connectivity index (χ0n) is 6.04. The summed E-state index contributed by atoms with van der Waals surface area (Å²) in [5.41, 5.74) is 3.06. The Hall–Kier alpha value is -1.57. The topological polar surface area (TPSA) is 28.7 Å². The van der Waals surface area contributed by atoms with Gasteiger partial charge in [-0.15, -0.1) is 0 Å². The zero-order valence-corrected chi connectivity index (χ0v) is 6.04. The first kappa shape index (κ1) is 6.16. The van der Waals surface area contributed by atoms with Crippen LogP contribution >= 0.6 is 0 Å². The predicted octanol–water partition coefficient (Wildman–Crippen LogP) is 2.21. The number of hydrogen-bond acceptors (Lipinski definition) is 1. The Morgan fingerprint density at radius 2 is 2.45 bits per heavy atom. The molecule has 0 spiro atoms. The van der Waals surface area contributed by atoms with E-state index in [1.54, 1.807) is 12.3 Å². The number of nitrogens with one attached hydrogen (secondary N) is 1. The molecule has 0 bridgehead atoms. The molecule has 0 saturated heterocycles. The van der Waals surface area contributed by atoms with Crippen LogP contribution in [0.5, 0.6) is 0 Å². The van der Waals surface area contributed by atoms with Crippen LogP contribution < -0.4 is 0 Å². The molecule has 2 aromatic rings. The molecular formula is C9H8N2. The fourth-order valence-electron chi connectivity index (χ4n) is 1.09. The van der Waals surface area contributed by atoms with Crippen molar-refractivity contribution in [1.29, 1.82) is 0 Å². The molecule has 0 aromatic carbocycles. The number of rotatable bonds is 1. The Morgan fingerprint density at radius 3 is 3.18 bits per heavy atom. The largest absolute Gasteiger partial charge is 0.354 e. The van der Waals surface area contributed by atoms with Crippen LogP contribution in [0.4, 0.5) is 0 Å². The van der Waals surface area contributed by atoms with Crippen molar-refractivity contribution in [1.82, 2.24) is 9.97 Å². The first-order valence-corrected chi connectivity index (χ1v) is 3.46. The highest BCUT2D eigenvalue weighted by atomic mass is 14.8. The number of nitrogens with zero attached hydrogens (tertiary/aromatic N) is 1. The lowest BCUT2D eigenvalue weighted by atomic mass is 10.4. The van der Waals surface area contributed by atoms with Gasteiger partial charge in [-0.3, -0.25) is 4.98 Å². The van der Waals surface area contributed by atoms with E-state index >= 15 is 0 Å². The normalized spacial score (nSPS) is 10.2. The molecule has 0 atom stereocenters. The fourth-order valence-corrected chi connectivity index (χ4v) is 1.09. The van der Waals surface area contributed by atoms with Crippen molar-refractivity contribution < 1.29 is 0 Å². The molecule has 2 nitrogen and oxygen atoms in total. The van der Waals surface area contributed by atoms with Gasteiger partial charge in [0, 0.05) is 11.9 Å². The lowest BCUT2D eigenvalue weighted by Gasteiger charge is -1.83. The minimum Gasteiger partial charge on any atom is -0.354 e. The Kier molecular flexibility index (Phi) is 1.25. The van der Waals surface area contributed by atoms with Crippen LogP contribution in [0.1, 0.15) is 5.69 Å². The fraction of sp³-hybridized carbons (Fsp3) is 0. The second-order valence-electron chi connectivity index (χ2n) is 2.37. The van der Waals surface area contributed by atoms with Gasteiger partial charge in [-0.1, -0.05) is 6.58 Å². The van der Waals surface area contributed by atoms with Crippen molar-refractivity contribution in [2.75, 3.05) is 0 Å². The predicted molar refractivity (Wildman–Crippen MR) is 46.2 cm³/mol. The van der Waals surface area contributed by atoms with Gasteiger partial charge in [-0.25, -0.2) is 0 Å². The van der Waals surface area contributed by atoms with Crippen molar-refractivity contribution in [3.63, 3.8) is 0 Å². The van der Waals surface area contributed by atoms with E-state index in [4.69, 9.17) is 0 Å². The van der Waals surface area contributed by atoms with E-state index in [1.807, 2.05) is 18.2 Å². The molecule has 0 saturated carbocycles.